The number of ether oxygens (including phenoxy) is 2. The summed E-state index contributed by atoms with van der Waals surface area (Å²) in [7, 11) is 0. The van der Waals surface area contributed by atoms with Crippen molar-refractivity contribution in [2.75, 3.05) is 39.6 Å². The summed E-state index contributed by atoms with van der Waals surface area (Å²) in [4.78, 5) is 19.0. The number of hydrogen-bond acceptors (Lipinski definition) is 6. The van der Waals surface area contributed by atoms with E-state index in [1.807, 2.05) is 0 Å². The van der Waals surface area contributed by atoms with Crippen LogP contribution in [0.2, 0.25) is 0 Å². The number of carbonyl (C=O) groups is 2. The Hall–Kier alpha value is -1.22. The Kier molecular flexibility index (Phi) is 14.8. The maximum absolute atomic E-state index is 9.88. The van der Waals surface area contributed by atoms with Crippen LogP contribution in [-0.4, -0.2) is 72.0 Å². The van der Waals surface area contributed by atoms with Crippen molar-refractivity contribution < 1.29 is 39.5 Å². The normalized spacial score (nSPS) is 9.12. The Morgan fingerprint density at radius 2 is 1.38 bits per heavy atom. The molecule has 0 heterocycles. The quantitative estimate of drug-likeness (QED) is 0.364. The third kappa shape index (κ3) is 23.0. The second-order valence-electron chi connectivity index (χ2n) is 2.33. The molecule has 0 aliphatic rings. The number of aliphatic hydroxyl groups is 2. The first-order valence-electron chi connectivity index (χ1n) is 4.35. The van der Waals surface area contributed by atoms with Crippen LogP contribution in [0.3, 0.4) is 0 Å². The fourth-order valence-corrected chi connectivity index (χ4v) is 0.444. The summed E-state index contributed by atoms with van der Waals surface area (Å²) < 4.78 is 9.43. The lowest BCUT2D eigenvalue weighted by molar-refractivity contribution is -0.143. The van der Waals surface area contributed by atoms with Gasteiger partial charge in [-0.1, -0.05) is 0 Å². The lowest BCUT2D eigenvalue weighted by Crippen LogP contribution is -2.12. The average Bonchev–Trinajstić information content (AvgIpc) is 2.23. The highest BCUT2D eigenvalue weighted by Crippen LogP contribution is 1.77. The maximum atomic E-state index is 9.88. The zero-order valence-electron chi connectivity index (χ0n) is 8.66. The van der Waals surface area contributed by atoms with Gasteiger partial charge in [0.25, 0.3) is 0 Å². The molecule has 0 bridgehead atoms. The second kappa shape index (κ2) is 13.8. The van der Waals surface area contributed by atoms with Gasteiger partial charge in [-0.05, 0) is 0 Å². The molecule has 0 saturated heterocycles. The van der Waals surface area contributed by atoms with Gasteiger partial charge in [-0.2, -0.15) is 0 Å². The first-order valence-corrected chi connectivity index (χ1v) is 4.35. The number of rotatable bonds is 8. The molecule has 0 amide bonds. The Morgan fingerprint density at radius 1 is 0.875 bits per heavy atom. The van der Waals surface area contributed by atoms with E-state index in [1.54, 1.807) is 0 Å². The SMILES string of the molecule is O=C(O)CO.O=C(O)COCCOCCO. The summed E-state index contributed by atoms with van der Waals surface area (Å²) in [6, 6.07) is 0. The molecule has 0 radical (unpaired) electrons. The molecule has 8 nitrogen and oxygen atoms in total. The topological polar surface area (TPSA) is 134 Å². The molecule has 0 aliphatic carbocycles. The van der Waals surface area contributed by atoms with Gasteiger partial charge in [0.15, 0.2) is 0 Å². The van der Waals surface area contributed by atoms with Gasteiger partial charge in [-0.25, -0.2) is 9.59 Å². The van der Waals surface area contributed by atoms with Gasteiger partial charge in [0.05, 0.1) is 26.4 Å². The van der Waals surface area contributed by atoms with Gasteiger partial charge < -0.3 is 29.9 Å². The standard InChI is InChI=1S/C6H12O5.C2H4O3/c7-1-2-10-3-4-11-5-6(8)9;3-1-2(4)5/h7H,1-5H2,(H,8,9);3H,1H2,(H,4,5). The molecule has 4 N–H and O–H groups in total. The molecule has 0 aliphatic heterocycles. The van der Waals surface area contributed by atoms with Gasteiger partial charge in [-0.3, -0.25) is 0 Å². The van der Waals surface area contributed by atoms with E-state index < -0.39 is 18.5 Å². The van der Waals surface area contributed by atoms with Gasteiger partial charge in [0, 0.05) is 0 Å². The van der Waals surface area contributed by atoms with E-state index in [2.05, 4.69) is 4.74 Å². The zero-order valence-corrected chi connectivity index (χ0v) is 8.66. The Labute approximate surface area is 92.0 Å². The predicted octanol–water partition coefficient (Wildman–Crippen LogP) is -1.84. The van der Waals surface area contributed by atoms with Crippen molar-refractivity contribution >= 4 is 11.9 Å². The molecule has 0 aromatic rings. The number of hydrogen-bond donors (Lipinski definition) is 4. The fraction of sp³-hybridized carbons (Fsp3) is 0.750. The summed E-state index contributed by atoms with van der Waals surface area (Å²) in [6.45, 7) is -0.294. The molecule has 0 atom stereocenters. The molecular weight excluding hydrogens is 224 g/mol. The number of aliphatic hydroxyl groups excluding tert-OH is 2. The smallest absolute Gasteiger partial charge is 0.329 e. The number of carboxylic acid groups (broad SMARTS) is 2. The molecule has 0 saturated carbocycles. The summed E-state index contributed by atoms with van der Waals surface area (Å²) in [6.07, 6.45) is 0. The Balaban J connectivity index is 0. The zero-order chi connectivity index (χ0) is 12.8. The molecule has 16 heavy (non-hydrogen) atoms. The van der Waals surface area contributed by atoms with E-state index in [1.165, 1.54) is 0 Å². The minimum Gasteiger partial charge on any atom is -0.480 e. The molecule has 96 valence electrons. The summed E-state index contributed by atoms with van der Waals surface area (Å²) >= 11 is 0. The van der Waals surface area contributed by atoms with E-state index in [0.717, 1.165) is 0 Å². The van der Waals surface area contributed by atoms with Crippen molar-refractivity contribution in [2.45, 2.75) is 0 Å². The first-order chi connectivity index (χ1) is 7.54. The van der Waals surface area contributed by atoms with Crippen LogP contribution in [-0.2, 0) is 19.1 Å². The van der Waals surface area contributed by atoms with Crippen molar-refractivity contribution in [2.24, 2.45) is 0 Å². The lowest BCUT2D eigenvalue weighted by atomic mass is 10.7. The minimum atomic E-state index is -1.19. The van der Waals surface area contributed by atoms with Crippen LogP contribution >= 0.6 is 0 Å². The van der Waals surface area contributed by atoms with Gasteiger partial charge in [-0.15, -0.1) is 0 Å². The van der Waals surface area contributed by atoms with Crippen LogP contribution < -0.4 is 0 Å². The van der Waals surface area contributed by atoms with Crippen molar-refractivity contribution in [3.8, 4) is 0 Å². The van der Waals surface area contributed by atoms with E-state index in [0.29, 0.717) is 6.61 Å². The van der Waals surface area contributed by atoms with Gasteiger partial charge >= 0.3 is 11.9 Å². The average molecular weight is 240 g/mol. The van der Waals surface area contributed by atoms with Gasteiger partial charge in [0.1, 0.15) is 13.2 Å². The van der Waals surface area contributed by atoms with Crippen molar-refractivity contribution in [1.29, 1.82) is 0 Å². The van der Waals surface area contributed by atoms with Crippen LogP contribution in [0.5, 0.6) is 0 Å². The summed E-state index contributed by atoms with van der Waals surface area (Å²) in [5.74, 6) is -2.18. The highest BCUT2D eigenvalue weighted by atomic mass is 16.5. The molecule has 8 heteroatoms. The van der Waals surface area contributed by atoms with Gasteiger partial charge in [0.2, 0.25) is 0 Å². The maximum Gasteiger partial charge on any atom is 0.329 e. The van der Waals surface area contributed by atoms with Crippen LogP contribution in [0.1, 0.15) is 0 Å². The third-order valence-corrected chi connectivity index (χ3v) is 0.968. The first kappa shape index (κ1) is 17.2. The monoisotopic (exact) mass is 240 g/mol. The van der Waals surface area contributed by atoms with Crippen LogP contribution in [0, 0.1) is 0 Å². The van der Waals surface area contributed by atoms with Crippen LogP contribution in [0.15, 0.2) is 0 Å². The van der Waals surface area contributed by atoms with E-state index >= 15 is 0 Å². The van der Waals surface area contributed by atoms with E-state index in [9.17, 15) is 4.79 Å². The molecular formula is C8H16O8. The predicted molar refractivity (Wildman–Crippen MR) is 51.1 cm³/mol. The van der Waals surface area contributed by atoms with Crippen molar-refractivity contribution in [1.82, 2.24) is 0 Å². The van der Waals surface area contributed by atoms with Crippen LogP contribution in [0.25, 0.3) is 0 Å². The van der Waals surface area contributed by atoms with E-state index in [4.69, 9.17) is 30.0 Å². The molecule has 0 aromatic carbocycles. The second-order valence-corrected chi connectivity index (χ2v) is 2.33. The fourth-order valence-electron chi connectivity index (χ4n) is 0.444. The van der Waals surface area contributed by atoms with Crippen molar-refractivity contribution in [3.05, 3.63) is 0 Å². The molecule has 0 fully saturated rings. The Bertz CT molecular complexity index is 181. The molecule has 0 spiro atoms. The summed E-state index contributed by atoms with van der Waals surface area (Å²) in [5.41, 5.74) is 0. The minimum absolute atomic E-state index is 0.0288. The highest BCUT2D eigenvalue weighted by molar-refractivity contribution is 5.68. The van der Waals surface area contributed by atoms with E-state index in [-0.39, 0.29) is 26.4 Å². The van der Waals surface area contributed by atoms with Crippen molar-refractivity contribution in [3.63, 3.8) is 0 Å². The molecule has 0 rings (SSSR count). The largest absolute Gasteiger partial charge is 0.480 e. The highest BCUT2D eigenvalue weighted by Gasteiger charge is 1.94. The number of carboxylic acids is 2. The van der Waals surface area contributed by atoms with Crippen LogP contribution in [0.4, 0.5) is 0 Å². The molecule has 0 unspecified atom stereocenters. The Morgan fingerprint density at radius 3 is 1.75 bits per heavy atom. The number of aliphatic carboxylic acids is 2. The third-order valence-electron chi connectivity index (χ3n) is 0.968. The summed E-state index contributed by atoms with van der Waals surface area (Å²) in [5, 5.41) is 31.4. The lowest BCUT2D eigenvalue weighted by Gasteiger charge is -2.01. The molecule has 0 aromatic heterocycles.